The molecular formula is C15H15BrFNO. The van der Waals surface area contributed by atoms with Gasteiger partial charge < -0.3 is 10.1 Å². The minimum absolute atomic E-state index is 0.207. The minimum Gasteiger partial charge on any atom is -0.497 e. The molecule has 0 heterocycles. The third kappa shape index (κ3) is 4.04. The van der Waals surface area contributed by atoms with Crippen molar-refractivity contribution in [3.05, 3.63) is 63.9 Å². The molecule has 0 aliphatic heterocycles. The van der Waals surface area contributed by atoms with E-state index >= 15 is 0 Å². The predicted molar refractivity (Wildman–Crippen MR) is 77.6 cm³/mol. The van der Waals surface area contributed by atoms with E-state index in [1.165, 1.54) is 12.1 Å². The zero-order valence-electron chi connectivity index (χ0n) is 10.6. The summed E-state index contributed by atoms with van der Waals surface area (Å²) >= 11 is 3.50. The van der Waals surface area contributed by atoms with Crippen LogP contribution in [0.3, 0.4) is 0 Å². The molecule has 0 aliphatic carbocycles. The molecule has 0 radical (unpaired) electrons. The highest BCUT2D eigenvalue weighted by Crippen LogP contribution is 2.22. The maximum atomic E-state index is 13.0. The Labute approximate surface area is 120 Å². The Morgan fingerprint density at radius 3 is 2.74 bits per heavy atom. The first-order valence-electron chi connectivity index (χ1n) is 5.96. The van der Waals surface area contributed by atoms with Crippen molar-refractivity contribution in [3.8, 4) is 5.75 Å². The highest BCUT2D eigenvalue weighted by molar-refractivity contribution is 9.10. The lowest BCUT2D eigenvalue weighted by molar-refractivity contribution is 0.414. The monoisotopic (exact) mass is 323 g/mol. The number of methoxy groups -OCH3 is 1. The summed E-state index contributed by atoms with van der Waals surface area (Å²) in [5.74, 6) is 0.618. The predicted octanol–water partition coefficient (Wildman–Crippen LogP) is 3.89. The van der Waals surface area contributed by atoms with E-state index in [2.05, 4.69) is 21.2 Å². The van der Waals surface area contributed by atoms with E-state index in [-0.39, 0.29) is 5.82 Å². The zero-order chi connectivity index (χ0) is 13.7. The Hall–Kier alpha value is -1.39. The second-order valence-corrected chi connectivity index (χ2v) is 5.05. The average Bonchev–Trinajstić information content (AvgIpc) is 2.41. The van der Waals surface area contributed by atoms with Gasteiger partial charge in [-0.3, -0.25) is 0 Å². The van der Waals surface area contributed by atoms with Gasteiger partial charge in [0.1, 0.15) is 11.6 Å². The van der Waals surface area contributed by atoms with Gasteiger partial charge in [-0.2, -0.15) is 0 Å². The molecule has 2 aromatic carbocycles. The first-order chi connectivity index (χ1) is 9.19. The summed E-state index contributed by atoms with van der Waals surface area (Å²) < 4.78 is 19.2. The third-order valence-electron chi connectivity index (χ3n) is 2.79. The molecule has 4 heteroatoms. The third-order valence-corrected chi connectivity index (χ3v) is 3.56. The van der Waals surface area contributed by atoms with Crippen LogP contribution in [0.4, 0.5) is 4.39 Å². The Morgan fingerprint density at radius 1 is 1.16 bits per heavy atom. The van der Waals surface area contributed by atoms with Gasteiger partial charge in [0, 0.05) is 17.6 Å². The van der Waals surface area contributed by atoms with Crippen LogP contribution in [-0.4, -0.2) is 7.11 Å². The van der Waals surface area contributed by atoms with E-state index in [0.717, 1.165) is 21.3 Å². The van der Waals surface area contributed by atoms with Crippen molar-refractivity contribution in [2.75, 3.05) is 7.11 Å². The largest absolute Gasteiger partial charge is 0.497 e. The normalized spacial score (nSPS) is 10.5. The molecule has 0 unspecified atom stereocenters. The number of ether oxygens (including phenoxy) is 1. The number of hydrogen-bond acceptors (Lipinski definition) is 2. The van der Waals surface area contributed by atoms with Gasteiger partial charge in [-0.1, -0.05) is 28.1 Å². The van der Waals surface area contributed by atoms with Crippen molar-refractivity contribution >= 4 is 15.9 Å². The molecule has 0 atom stereocenters. The summed E-state index contributed by atoms with van der Waals surface area (Å²) in [5.41, 5.74) is 2.04. The second kappa shape index (κ2) is 6.68. The zero-order valence-corrected chi connectivity index (χ0v) is 12.2. The fourth-order valence-corrected chi connectivity index (χ4v) is 2.19. The number of benzene rings is 2. The number of nitrogens with one attached hydrogen (secondary N) is 1. The molecule has 0 fully saturated rings. The van der Waals surface area contributed by atoms with Gasteiger partial charge >= 0.3 is 0 Å². The van der Waals surface area contributed by atoms with Crippen LogP contribution < -0.4 is 10.1 Å². The molecule has 0 amide bonds. The topological polar surface area (TPSA) is 21.3 Å². The number of halogens is 2. The molecule has 0 bridgehead atoms. The SMILES string of the molecule is COc1ccc(Br)c(CNCc2cccc(F)c2)c1. The maximum absolute atomic E-state index is 13.0. The number of rotatable bonds is 5. The quantitative estimate of drug-likeness (QED) is 0.901. The Balaban J connectivity index is 1.95. The van der Waals surface area contributed by atoms with Crippen LogP contribution in [0.15, 0.2) is 46.9 Å². The van der Waals surface area contributed by atoms with Crippen molar-refractivity contribution < 1.29 is 9.13 Å². The summed E-state index contributed by atoms with van der Waals surface area (Å²) in [6.45, 7) is 1.32. The van der Waals surface area contributed by atoms with Gasteiger partial charge in [-0.25, -0.2) is 4.39 Å². The molecular weight excluding hydrogens is 309 g/mol. The lowest BCUT2D eigenvalue weighted by Gasteiger charge is -2.09. The molecule has 0 spiro atoms. The second-order valence-electron chi connectivity index (χ2n) is 4.19. The summed E-state index contributed by atoms with van der Waals surface area (Å²) in [7, 11) is 1.65. The van der Waals surface area contributed by atoms with Crippen molar-refractivity contribution in [2.45, 2.75) is 13.1 Å². The van der Waals surface area contributed by atoms with Gasteiger partial charge in [0.2, 0.25) is 0 Å². The molecule has 19 heavy (non-hydrogen) atoms. The van der Waals surface area contributed by atoms with Crippen LogP contribution in [0.2, 0.25) is 0 Å². The Bertz CT molecular complexity index is 560. The van der Waals surface area contributed by atoms with Crippen molar-refractivity contribution in [1.82, 2.24) is 5.32 Å². The molecule has 2 aromatic rings. The van der Waals surface area contributed by atoms with E-state index in [0.29, 0.717) is 13.1 Å². The first kappa shape index (κ1) is 14.0. The van der Waals surface area contributed by atoms with E-state index in [9.17, 15) is 4.39 Å². The molecule has 2 nitrogen and oxygen atoms in total. The van der Waals surface area contributed by atoms with Crippen LogP contribution in [0.25, 0.3) is 0 Å². The van der Waals surface area contributed by atoms with Gasteiger partial charge in [0.05, 0.1) is 7.11 Å². The molecule has 0 saturated carbocycles. The maximum Gasteiger partial charge on any atom is 0.123 e. The smallest absolute Gasteiger partial charge is 0.123 e. The molecule has 0 saturated heterocycles. The van der Waals surface area contributed by atoms with Crippen LogP contribution >= 0.6 is 15.9 Å². The van der Waals surface area contributed by atoms with Crippen molar-refractivity contribution in [1.29, 1.82) is 0 Å². The molecule has 100 valence electrons. The first-order valence-corrected chi connectivity index (χ1v) is 6.76. The highest BCUT2D eigenvalue weighted by Gasteiger charge is 2.02. The molecule has 0 aromatic heterocycles. The van der Waals surface area contributed by atoms with Crippen molar-refractivity contribution in [2.24, 2.45) is 0 Å². The van der Waals surface area contributed by atoms with Crippen LogP contribution in [0.5, 0.6) is 5.75 Å². The summed E-state index contributed by atoms with van der Waals surface area (Å²) in [5, 5.41) is 3.29. The fourth-order valence-electron chi connectivity index (χ4n) is 1.80. The molecule has 2 rings (SSSR count). The van der Waals surface area contributed by atoms with E-state index < -0.39 is 0 Å². The standard InChI is InChI=1S/C15H15BrFNO/c1-19-14-5-6-15(16)12(8-14)10-18-9-11-3-2-4-13(17)7-11/h2-8,18H,9-10H2,1H3. The molecule has 1 N–H and O–H groups in total. The van der Waals surface area contributed by atoms with E-state index in [1.807, 2.05) is 24.3 Å². The van der Waals surface area contributed by atoms with Crippen LogP contribution in [0, 0.1) is 5.82 Å². The summed E-state index contributed by atoms with van der Waals surface area (Å²) in [6, 6.07) is 12.4. The lowest BCUT2D eigenvalue weighted by Crippen LogP contribution is -2.13. The van der Waals surface area contributed by atoms with Gasteiger partial charge in [-0.05, 0) is 41.5 Å². The highest BCUT2D eigenvalue weighted by atomic mass is 79.9. The average molecular weight is 324 g/mol. The van der Waals surface area contributed by atoms with Crippen molar-refractivity contribution in [3.63, 3.8) is 0 Å². The Morgan fingerprint density at radius 2 is 2.00 bits per heavy atom. The number of hydrogen-bond donors (Lipinski definition) is 1. The van der Waals surface area contributed by atoms with E-state index in [4.69, 9.17) is 4.74 Å². The van der Waals surface area contributed by atoms with Gasteiger partial charge in [0.25, 0.3) is 0 Å². The Kier molecular flexibility index (Phi) is 4.93. The van der Waals surface area contributed by atoms with Crippen LogP contribution in [0.1, 0.15) is 11.1 Å². The summed E-state index contributed by atoms with van der Waals surface area (Å²) in [4.78, 5) is 0. The van der Waals surface area contributed by atoms with Gasteiger partial charge in [0.15, 0.2) is 0 Å². The fraction of sp³-hybridized carbons (Fsp3) is 0.200. The lowest BCUT2D eigenvalue weighted by atomic mass is 10.2. The summed E-state index contributed by atoms with van der Waals surface area (Å²) in [6.07, 6.45) is 0. The van der Waals surface area contributed by atoms with Gasteiger partial charge in [-0.15, -0.1) is 0 Å². The van der Waals surface area contributed by atoms with E-state index in [1.54, 1.807) is 13.2 Å². The minimum atomic E-state index is -0.207. The molecule has 0 aliphatic rings. The van der Waals surface area contributed by atoms with Crippen LogP contribution in [-0.2, 0) is 13.1 Å².